The summed E-state index contributed by atoms with van der Waals surface area (Å²) in [7, 11) is 2.05. The first-order valence-electron chi connectivity index (χ1n) is 8.20. The minimum absolute atomic E-state index is 0.00978. The molecular weight excluding hydrogens is 290 g/mol. The van der Waals surface area contributed by atoms with Gasteiger partial charge in [0.25, 0.3) is 5.91 Å². The van der Waals surface area contributed by atoms with Gasteiger partial charge in [-0.2, -0.15) is 0 Å². The van der Waals surface area contributed by atoms with Gasteiger partial charge in [0.15, 0.2) is 11.5 Å². The maximum absolute atomic E-state index is 12.2. The van der Waals surface area contributed by atoms with Crippen LogP contribution in [0.5, 0.6) is 0 Å². The number of hydrogen-bond acceptors (Lipinski definition) is 4. The monoisotopic (exact) mass is 313 g/mol. The van der Waals surface area contributed by atoms with Crippen molar-refractivity contribution in [3.63, 3.8) is 0 Å². The van der Waals surface area contributed by atoms with Crippen molar-refractivity contribution in [3.8, 4) is 0 Å². The Morgan fingerprint density at radius 3 is 2.74 bits per heavy atom. The normalized spacial score (nSPS) is 14.6. The third-order valence-electron chi connectivity index (χ3n) is 4.22. The topological polar surface area (TPSA) is 49.6 Å². The molecule has 5 heteroatoms. The Morgan fingerprint density at radius 2 is 2.00 bits per heavy atom. The van der Waals surface area contributed by atoms with E-state index in [1.807, 2.05) is 18.0 Å². The van der Waals surface area contributed by atoms with E-state index in [0.29, 0.717) is 12.2 Å². The molecule has 1 aliphatic rings. The van der Waals surface area contributed by atoms with E-state index in [2.05, 4.69) is 34.3 Å². The second kappa shape index (κ2) is 7.42. The summed E-state index contributed by atoms with van der Waals surface area (Å²) in [5.41, 5.74) is 1.75. The van der Waals surface area contributed by atoms with Gasteiger partial charge in [-0.3, -0.25) is 9.69 Å². The second-order valence-corrected chi connectivity index (χ2v) is 6.15. The highest BCUT2D eigenvalue weighted by atomic mass is 16.5. The number of hydrogen-bond donors (Lipinski definition) is 0. The van der Waals surface area contributed by atoms with Crippen molar-refractivity contribution in [1.82, 2.24) is 15.0 Å². The number of aromatic nitrogens is 1. The molecule has 0 atom stereocenters. The van der Waals surface area contributed by atoms with Crippen molar-refractivity contribution >= 4 is 5.91 Å². The summed E-state index contributed by atoms with van der Waals surface area (Å²) in [6.45, 7) is 3.25. The molecule has 5 nitrogen and oxygen atoms in total. The lowest BCUT2D eigenvalue weighted by molar-refractivity contribution is 0.0782. The number of amides is 1. The minimum Gasteiger partial charge on any atom is -0.359 e. The van der Waals surface area contributed by atoms with Crippen molar-refractivity contribution in [2.45, 2.75) is 25.8 Å². The Kier molecular flexibility index (Phi) is 5.08. The van der Waals surface area contributed by atoms with Crippen molar-refractivity contribution in [2.75, 3.05) is 26.7 Å². The molecular formula is C18H23N3O2. The largest absolute Gasteiger partial charge is 0.359 e. The fourth-order valence-electron chi connectivity index (χ4n) is 2.88. The summed E-state index contributed by atoms with van der Waals surface area (Å²) in [6.07, 6.45) is 3.16. The fourth-order valence-corrected chi connectivity index (χ4v) is 2.88. The maximum atomic E-state index is 12.2. The summed E-state index contributed by atoms with van der Waals surface area (Å²) in [5, 5.41) is 3.94. The van der Waals surface area contributed by atoms with E-state index in [0.717, 1.165) is 44.7 Å². The second-order valence-electron chi connectivity index (χ2n) is 6.15. The molecule has 23 heavy (non-hydrogen) atoms. The summed E-state index contributed by atoms with van der Waals surface area (Å²) in [5.74, 6) is 0.729. The van der Waals surface area contributed by atoms with Gasteiger partial charge < -0.3 is 9.42 Å². The average Bonchev–Trinajstić information content (AvgIpc) is 3.25. The van der Waals surface area contributed by atoms with Crippen LogP contribution in [-0.4, -0.2) is 47.5 Å². The lowest BCUT2D eigenvalue weighted by Crippen LogP contribution is -2.27. The van der Waals surface area contributed by atoms with Crippen molar-refractivity contribution in [2.24, 2.45) is 0 Å². The van der Waals surface area contributed by atoms with E-state index in [1.165, 1.54) is 5.56 Å². The molecule has 1 saturated heterocycles. The summed E-state index contributed by atoms with van der Waals surface area (Å²) < 4.78 is 5.33. The number of carbonyl (C=O) groups excluding carboxylic acids is 1. The molecule has 1 amide bonds. The lowest BCUT2D eigenvalue weighted by atomic mass is 10.1. The van der Waals surface area contributed by atoms with Crippen LogP contribution < -0.4 is 0 Å². The molecule has 2 aromatic rings. The molecule has 1 aromatic carbocycles. The number of benzene rings is 1. The SMILES string of the molecule is CN(CCc1ccccc1)Cc1cc(C(=O)N2CCCC2)no1. The van der Waals surface area contributed by atoms with Gasteiger partial charge in [0.2, 0.25) is 0 Å². The average molecular weight is 313 g/mol. The Bertz CT molecular complexity index is 633. The summed E-state index contributed by atoms with van der Waals surface area (Å²) in [4.78, 5) is 16.3. The molecule has 0 aliphatic carbocycles. The van der Waals surface area contributed by atoms with Crippen LogP contribution in [0.4, 0.5) is 0 Å². The Labute approximate surface area is 136 Å². The summed E-state index contributed by atoms with van der Waals surface area (Å²) >= 11 is 0. The van der Waals surface area contributed by atoms with Crippen LogP contribution in [0, 0.1) is 0 Å². The van der Waals surface area contributed by atoms with E-state index in [1.54, 1.807) is 6.07 Å². The van der Waals surface area contributed by atoms with Crippen LogP contribution >= 0.6 is 0 Å². The maximum Gasteiger partial charge on any atom is 0.276 e. The van der Waals surface area contributed by atoms with Crippen LogP contribution in [0.15, 0.2) is 40.9 Å². The Morgan fingerprint density at radius 1 is 1.26 bits per heavy atom. The molecule has 0 bridgehead atoms. The van der Waals surface area contributed by atoms with Crippen LogP contribution in [0.2, 0.25) is 0 Å². The lowest BCUT2D eigenvalue weighted by Gasteiger charge is -2.14. The van der Waals surface area contributed by atoms with Gasteiger partial charge in [-0.05, 0) is 31.9 Å². The zero-order chi connectivity index (χ0) is 16.1. The third-order valence-corrected chi connectivity index (χ3v) is 4.22. The zero-order valence-corrected chi connectivity index (χ0v) is 13.6. The molecule has 1 aromatic heterocycles. The van der Waals surface area contributed by atoms with Crippen molar-refractivity contribution < 1.29 is 9.32 Å². The van der Waals surface area contributed by atoms with Crippen LogP contribution in [0.1, 0.15) is 34.7 Å². The number of rotatable bonds is 6. The number of likely N-dealkylation sites (tertiary alicyclic amines) is 1. The molecule has 1 fully saturated rings. The minimum atomic E-state index is -0.00978. The van der Waals surface area contributed by atoms with Gasteiger partial charge in [-0.25, -0.2) is 0 Å². The first kappa shape index (κ1) is 15.7. The molecule has 2 heterocycles. The van der Waals surface area contributed by atoms with Gasteiger partial charge in [-0.15, -0.1) is 0 Å². The van der Waals surface area contributed by atoms with E-state index >= 15 is 0 Å². The van der Waals surface area contributed by atoms with Crippen LogP contribution in [0.25, 0.3) is 0 Å². The van der Waals surface area contributed by atoms with E-state index in [4.69, 9.17) is 4.52 Å². The van der Waals surface area contributed by atoms with Crippen LogP contribution in [0.3, 0.4) is 0 Å². The summed E-state index contributed by atoms with van der Waals surface area (Å²) in [6, 6.07) is 12.2. The molecule has 3 rings (SSSR count). The molecule has 1 aliphatic heterocycles. The predicted octanol–water partition coefficient (Wildman–Crippen LogP) is 2.59. The zero-order valence-electron chi connectivity index (χ0n) is 13.6. The van der Waals surface area contributed by atoms with Gasteiger partial charge in [0.05, 0.1) is 6.54 Å². The van der Waals surface area contributed by atoms with Crippen molar-refractivity contribution in [3.05, 3.63) is 53.4 Å². The van der Waals surface area contributed by atoms with Gasteiger partial charge in [-0.1, -0.05) is 35.5 Å². The highest BCUT2D eigenvalue weighted by Gasteiger charge is 2.22. The first-order chi connectivity index (χ1) is 11.2. The number of carbonyl (C=O) groups is 1. The first-order valence-corrected chi connectivity index (χ1v) is 8.20. The molecule has 0 spiro atoms. The van der Waals surface area contributed by atoms with Gasteiger partial charge in [0.1, 0.15) is 0 Å². The van der Waals surface area contributed by atoms with Crippen LogP contribution in [-0.2, 0) is 13.0 Å². The highest BCUT2D eigenvalue weighted by molar-refractivity contribution is 5.92. The third kappa shape index (κ3) is 4.20. The molecule has 0 unspecified atom stereocenters. The fraction of sp³-hybridized carbons (Fsp3) is 0.444. The highest BCUT2D eigenvalue weighted by Crippen LogP contribution is 2.14. The van der Waals surface area contributed by atoms with E-state index in [-0.39, 0.29) is 5.91 Å². The van der Waals surface area contributed by atoms with Crippen molar-refractivity contribution in [1.29, 1.82) is 0 Å². The van der Waals surface area contributed by atoms with Gasteiger partial charge in [0, 0.05) is 25.7 Å². The molecule has 122 valence electrons. The Balaban J connectivity index is 1.51. The van der Waals surface area contributed by atoms with E-state index in [9.17, 15) is 4.79 Å². The number of nitrogens with zero attached hydrogens (tertiary/aromatic N) is 3. The van der Waals surface area contributed by atoms with Gasteiger partial charge >= 0.3 is 0 Å². The predicted molar refractivity (Wildman–Crippen MR) is 88.1 cm³/mol. The number of likely N-dealkylation sites (N-methyl/N-ethyl adjacent to an activating group) is 1. The standard InChI is InChI=1S/C18H23N3O2/c1-20(12-9-15-7-3-2-4-8-15)14-16-13-17(19-23-16)18(22)21-10-5-6-11-21/h2-4,7-8,13H,5-6,9-12,14H2,1H3. The quantitative estimate of drug-likeness (QED) is 0.822. The molecule has 0 N–H and O–H groups in total. The Hall–Kier alpha value is -2.14. The molecule has 0 radical (unpaired) electrons. The van der Waals surface area contributed by atoms with E-state index < -0.39 is 0 Å². The molecule has 0 saturated carbocycles. The smallest absolute Gasteiger partial charge is 0.276 e.